The summed E-state index contributed by atoms with van der Waals surface area (Å²) in [5.41, 5.74) is 0. The molecular formula is C24H45BN2Si. The average molecular weight is 401 g/mol. The number of hydrogen-bond acceptors (Lipinski definition) is 2. The molecule has 0 fully saturated rings. The highest BCUT2D eigenvalue weighted by molar-refractivity contribution is 6.96. The van der Waals surface area contributed by atoms with Gasteiger partial charge in [-0.25, -0.2) is 0 Å². The summed E-state index contributed by atoms with van der Waals surface area (Å²) in [7, 11) is -1.67. The minimum atomic E-state index is -1.67. The van der Waals surface area contributed by atoms with Crippen LogP contribution in [-0.2, 0) is 0 Å². The van der Waals surface area contributed by atoms with E-state index in [4.69, 9.17) is 0 Å². The molecule has 1 rings (SSSR count). The van der Waals surface area contributed by atoms with Gasteiger partial charge in [-0.1, -0.05) is 114 Å². The van der Waals surface area contributed by atoms with Crippen LogP contribution in [0.1, 0.15) is 66.7 Å². The van der Waals surface area contributed by atoms with Gasteiger partial charge in [-0.05, 0) is 39.0 Å². The fourth-order valence-electron chi connectivity index (χ4n) is 4.20. The van der Waals surface area contributed by atoms with Gasteiger partial charge in [0.05, 0.1) is 0 Å². The lowest BCUT2D eigenvalue weighted by atomic mass is 9.70. The van der Waals surface area contributed by atoms with E-state index in [-0.39, 0.29) is 0 Å². The first-order chi connectivity index (χ1) is 13.5. The van der Waals surface area contributed by atoms with Crippen molar-refractivity contribution in [3.05, 3.63) is 41.5 Å². The molecule has 1 aromatic rings. The molecule has 0 radical (unpaired) electrons. The predicted octanol–water partition coefficient (Wildman–Crippen LogP) is 5.75. The SMILES string of the molecule is CCCCCC/C(=C/B(N(CC)CC)N(CC)CC)[Si](C)(C)c1ccccc1. The zero-order valence-electron chi connectivity index (χ0n) is 19.8. The molecule has 0 aliphatic rings. The highest BCUT2D eigenvalue weighted by Crippen LogP contribution is 2.23. The molecule has 0 aliphatic heterocycles. The maximum Gasteiger partial charge on any atom is 0.338 e. The third kappa shape index (κ3) is 7.20. The lowest BCUT2D eigenvalue weighted by molar-refractivity contribution is 0.387. The summed E-state index contributed by atoms with van der Waals surface area (Å²) in [4.78, 5) is 5.24. The van der Waals surface area contributed by atoms with E-state index in [9.17, 15) is 0 Å². The molecule has 0 amide bonds. The summed E-state index contributed by atoms with van der Waals surface area (Å²) < 4.78 is 0. The third-order valence-corrected chi connectivity index (χ3v) is 10.1. The second-order valence-corrected chi connectivity index (χ2v) is 12.8. The van der Waals surface area contributed by atoms with E-state index in [1.165, 1.54) is 32.1 Å². The number of rotatable bonds is 14. The fraction of sp³-hybridized carbons (Fsp3) is 0.667. The van der Waals surface area contributed by atoms with Gasteiger partial charge in [0.15, 0.2) is 0 Å². The van der Waals surface area contributed by atoms with Crippen LogP contribution in [0.25, 0.3) is 0 Å². The summed E-state index contributed by atoms with van der Waals surface area (Å²) in [5.74, 6) is 2.67. The Morgan fingerprint density at radius 2 is 1.36 bits per heavy atom. The van der Waals surface area contributed by atoms with E-state index in [2.05, 4.69) is 93.6 Å². The standard InChI is InChI=1S/C24H45BN2Si/c1-8-13-14-16-21-24(28(6,7)23-19-17-15-18-20-23)22-25(26(9-2)10-3)27(11-4)12-5/h15,17-20,22H,8-14,16,21H2,1-7H3/b24-22-. The molecule has 4 heteroatoms. The van der Waals surface area contributed by atoms with Gasteiger partial charge in [0, 0.05) is 0 Å². The Kier molecular flexibility index (Phi) is 12.1. The average Bonchev–Trinajstić information content (AvgIpc) is 2.72. The topological polar surface area (TPSA) is 6.48 Å². The molecular weight excluding hydrogens is 355 g/mol. The van der Waals surface area contributed by atoms with Crippen molar-refractivity contribution < 1.29 is 0 Å². The first kappa shape index (κ1) is 25.2. The molecule has 0 aliphatic carbocycles. The zero-order valence-corrected chi connectivity index (χ0v) is 20.8. The summed E-state index contributed by atoms with van der Waals surface area (Å²) in [6.07, 6.45) is 6.60. The molecule has 0 aromatic heterocycles. The van der Waals surface area contributed by atoms with Gasteiger partial charge in [-0.2, -0.15) is 0 Å². The maximum atomic E-state index is 2.67. The molecule has 2 nitrogen and oxygen atoms in total. The largest absolute Gasteiger partial charge is 0.338 e. The van der Waals surface area contributed by atoms with Crippen molar-refractivity contribution in [1.82, 2.24) is 9.62 Å². The van der Waals surface area contributed by atoms with E-state index >= 15 is 0 Å². The highest BCUT2D eigenvalue weighted by Gasteiger charge is 2.32. The Bertz CT molecular complexity index is 539. The summed E-state index contributed by atoms with van der Waals surface area (Å²) in [6, 6.07) is 11.3. The third-order valence-electron chi connectivity index (χ3n) is 6.32. The van der Waals surface area contributed by atoms with Crippen LogP contribution in [0.2, 0.25) is 13.1 Å². The van der Waals surface area contributed by atoms with E-state index in [0.717, 1.165) is 26.2 Å². The number of nitrogens with zero attached hydrogens (tertiary/aromatic N) is 2. The Morgan fingerprint density at radius 1 is 0.821 bits per heavy atom. The summed E-state index contributed by atoms with van der Waals surface area (Å²) in [6.45, 7) is 21.4. The van der Waals surface area contributed by atoms with Crippen molar-refractivity contribution >= 4 is 20.2 Å². The van der Waals surface area contributed by atoms with Crippen LogP contribution in [0, 0.1) is 0 Å². The molecule has 28 heavy (non-hydrogen) atoms. The molecule has 0 N–H and O–H groups in total. The second-order valence-electron chi connectivity index (χ2n) is 8.35. The van der Waals surface area contributed by atoms with Crippen molar-refractivity contribution in [2.45, 2.75) is 79.8 Å². The molecule has 0 atom stereocenters. The van der Waals surface area contributed by atoms with E-state index in [1.807, 2.05) is 0 Å². The molecule has 0 spiro atoms. The monoisotopic (exact) mass is 400 g/mol. The summed E-state index contributed by atoms with van der Waals surface area (Å²) >= 11 is 0. The number of allylic oxidation sites excluding steroid dienone is 1. The molecule has 0 saturated heterocycles. The van der Waals surface area contributed by atoms with Crippen LogP contribution in [0.4, 0.5) is 0 Å². The molecule has 158 valence electrons. The quantitative estimate of drug-likeness (QED) is 0.290. The number of unbranched alkanes of at least 4 members (excludes halogenated alkanes) is 3. The Labute approximate surface area is 177 Å². The lowest BCUT2D eigenvalue weighted by Gasteiger charge is -2.36. The van der Waals surface area contributed by atoms with Crippen LogP contribution in [0.3, 0.4) is 0 Å². The molecule has 0 bridgehead atoms. The fourth-order valence-corrected chi connectivity index (χ4v) is 6.97. The van der Waals surface area contributed by atoms with Gasteiger partial charge in [-0.15, -0.1) is 0 Å². The first-order valence-corrected chi connectivity index (χ1v) is 14.7. The maximum absolute atomic E-state index is 2.67. The van der Waals surface area contributed by atoms with Gasteiger partial charge in [0.1, 0.15) is 8.07 Å². The van der Waals surface area contributed by atoms with Gasteiger partial charge in [0.25, 0.3) is 0 Å². The predicted molar refractivity (Wildman–Crippen MR) is 132 cm³/mol. The molecule has 0 unspecified atom stereocenters. The normalized spacial score (nSPS) is 12.8. The van der Waals surface area contributed by atoms with Crippen LogP contribution in [0.5, 0.6) is 0 Å². The van der Waals surface area contributed by atoms with Crippen molar-refractivity contribution in [2.24, 2.45) is 0 Å². The van der Waals surface area contributed by atoms with E-state index in [0.29, 0.717) is 6.98 Å². The van der Waals surface area contributed by atoms with Gasteiger partial charge in [0.2, 0.25) is 0 Å². The Hall–Kier alpha value is -0.838. The Morgan fingerprint density at radius 3 is 1.82 bits per heavy atom. The van der Waals surface area contributed by atoms with Crippen LogP contribution >= 0.6 is 0 Å². The van der Waals surface area contributed by atoms with Gasteiger partial charge in [-0.3, -0.25) is 0 Å². The summed E-state index contributed by atoms with van der Waals surface area (Å²) in [5, 5.41) is 3.30. The first-order valence-electron chi connectivity index (χ1n) is 11.7. The van der Waals surface area contributed by atoms with Gasteiger partial charge >= 0.3 is 6.98 Å². The second kappa shape index (κ2) is 13.4. The molecule has 0 heterocycles. The minimum absolute atomic E-state index is 0.418. The Balaban J connectivity index is 3.31. The minimum Gasteiger partial charge on any atom is -0.325 e. The van der Waals surface area contributed by atoms with E-state index in [1.54, 1.807) is 10.4 Å². The molecule has 1 aromatic carbocycles. The van der Waals surface area contributed by atoms with Crippen molar-refractivity contribution in [2.75, 3.05) is 26.2 Å². The highest BCUT2D eigenvalue weighted by atomic mass is 28.3. The van der Waals surface area contributed by atoms with Crippen LogP contribution in [-0.4, -0.2) is 50.9 Å². The zero-order chi connectivity index (χ0) is 21.0. The smallest absolute Gasteiger partial charge is 0.325 e. The number of benzene rings is 1. The van der Waals surface area contributed by atoms with Gasteiger partial charge < -0.3 is 9.62 Å². The van der Waals surface area contributed by atoms with Crippen LogP contribution in [0.15, 0.2) is 41.5 Å². The molecule has 0 saturated carbocycles. The van der Waals surface area contributed by atoms with Crippen molar-refractivity contribution in [1.29, 1.82) is 0 Å². The number of hydrogen-bond donors (Lipinski definition) is 0. The van der Waals surface area contributed by atoms with Crippen LogP contribution < -0.4 is 5.19 Å². The lowest BCUT2D eigenvalue weighted by Crippen LogP contribution is -2.53. The van der Waals surface area contributed by atoms with Crippen molar-refractivity contribution in [3.8, 4) is 0 Å². The van der Waals surface area contributed by atoms with Crippen molar-refractivity contribution in [3.63, 3.8) is 0 Å². The van der Waals surface area contributed by atoms with E-state index < -0.39 is 8.07 Å².